The average Bonchev–Trinajstić information content (AvgIpc) is 2.78. The first kappa shape index (κ1) is 20.1. The molecule has 1 aromatic heterocycles. The van der Waals surface area contributed by atoms with Crippen LogP contribution in [0.5, 0.6) is 5.75 Å². The molecule has 30 heavy (non-hydrogen) atoms. The fourth-order valence-electron chi connectivity index (χ4n) is 3.58. The molecule has 1 aliphatic rings. The maximum Gasteiger partial charge on any atom is 0.254 e. The molecule has 0 unspecified atom stereocenters. The number of aromatic amines is 1. The first-order valence-corrected chi connectivity index (χ1v) is 10.9. The van der Waals surface area contributed by atoms with Crippen molar-refractivity contribution in [2.24, 2.45) is 0 Å². The van der Waals surface area contributed by atoms with E-state index in [4.69, 9.17) is 4.74 Å². The van der Waals surface area contributed by atoms with Crippen LogP contribution in [0, 0.1) is 0 Å². The highest BCUT2D eigenvalue weighted by atomic mass is 32.2. The number of H-pyrrole nitrogens is 1. The predicted molar refractivity (Wildman–Crippen MR) is 112 cm³/mol. The third kappa shape index (κ3) is 3.69. The van der Waals surface area contributed by atoms with Gasteiger partial charge in [-0.25, -0.2) is 8.42 Å². The highest BCUT2D eigenvalue weighted by Gasteiger charge is 2.31. The minimum Gasteiger partial charge on any atom is -0.497 e. The Morgan fingerprint density at radius 1 is 1.00 bits per heavy atom. The molecular weight excluding hydrogens is 406 g/mol. The molecule has 0 saturated carbocycles. The van der Waals surface area contributed by atoms with Gasteiger partial charge < -0.3 is 14.6 Å². The Bertz CT molecular complexity index is 1240. The van der Waals surface area contributed by atoms with E-state index in [1.54, 1.807) is 41.3 Å². The summed E-state index contributed by atoms with van der Waals surface area (Å²) in [5, 5.41) is 0.662. The number of hydrogen-bond donors (Lipinski definition) is 1. The van der Waals surface area contributed by atoms with Gasteiger partial charge in [0.25, 0.3) is 5.91 Å². The molecule has 3 aromatic rings. The molecule has 0 bridgehead atoms. The van der Waals surface area contributed by atoms with Crippen molar-refractivity contribution in [2.75, 3.05) is 33.3 Å². The zero-order valence-electron chi connectivity index (χ0n) is 16.4. The lowest BCUT2D eigenvalue weighted by Crippen LogP contribution is -2.50. The van der Waals surface area contributed by atoms with E-state index in [9.17, 15) is 18.0 Å². The van der Waals surface area contributed by atoms with E-state index in [1.165, 1.54) is 29.6 Å². The van der Waals surface area contributed by atoms with E-state index in [0.29, 0.717) is 22.2 Å². The molecule has 8 nitrogen and oxygen atoms in total. The summed E-state index contributed by atoms with van der Waals surface area (Å²) in [5.41, 5.74) is 0.563. The number of hydrogen-bond acceptors (Lipinski definition) is 5. The summed E-state index contributed by atoms with van der Waals surface area (Å²) < 4.78 is 32.2. The Balaban J connectivity index is 1.52. The minimum absolute atomic E-state index is 0.182. The van der Waals surface area contributed by atoms with Crippen LogP contribution in [0.25, 0.3) is 10.9 Å². The second kappa shape index (κ2) is 7.92. The Hall–Kier alpha value is -3.17. The van der Waals surface area contributed by atoms with Gasteiger partial charge in [-0.15, -0.1) is 0 Å². The molecule has 0 spiro atoms. The Labute approximate surface area is 173 Å². The van der Waals surface area contributed by atoms with Gasteiger partial charge in [0.2, 0.25) is 15.6 Å². The molecule has 156 valence electrons. The quantitative estimate of drug-likeness (QED) is 0.683. The topological polar surface area (TPSA) is 99.8 Å². The first-order valence-electron chi connectivity index (χ1n) is 9.46. The van der Waals surface area contributed by atoms with Crippen molar-refractivity contribution in [3.05, 3.63) is 70.5 Å². The number of benzene rings is 2. The number of amides is 1. The van der Waals surface area contributed by atoms with Gasteiger partial charge in [-0.2, -0.15) is 4.31 Å². The molecule has 2 heterocycles. The SMILES string of the molecule is COc1ccc(S(=O)(=O)N2CCN(C(=O)c3cc(=O)[nH]c4ccccc34)CC2)cc1. The molecule has 0 atom stereocenters. The zero-order valence-corrected chi connectivity index (χ0v) is 17.2. The number of sulfonamides is 1. The fraction of sp³-hybridized carbons (Fsp3) is 0.238. The second-order valence-electron chi connectivity index (χ2n) is 6.96. The number of para-hydroxylation sites is 1. The van der Waals surface area contributed by atoms with E-state index < -0.39 is 10.0 Å². The number of carbonyl (C=O) groups is 1. The molecule has 1 aliphatic heterocycles. The molecule has 9 heteroatoms. The number of rotatable bonds is 4. The summed E-state index contributed by atoms with van der Waals surface area (Å²) in [6.45, 7) is 0.854. The Morgan fingerprint density at radius 2 is 1.67 bits per heavy atom. The van der Waals surface area contributed by atoms with Gasteiger partial charge in [0.05, 0.1) is 17.6 Å². The van der Waals surface area contributed by atoms with Crippen LogP contribution in [0.2, 0.25) is 0 Å². The summed E-state index contributed by atoms with van der Waals surface area (Å²) in [4.78, 5) is 29.5. The van der Waals surface area contributed by atoms with Gasteiger partial charge in [0.1, 0.15) is 5.75 Å². The van der Waals surface area contributed by atoms with E-state index in [2.05, 4.69) is 4.98 Å². The number of nitrogens with zero attached hydrogens (tertiary/aromatic N) is 2. The molecule has 1 saturated heterocycles. The van der Waals surface area contributed by atoms with Crippen LogP contribution < -0.4 is 10.3 Å². The van der Waals surface area contributed by atoms with Crippen molar-refractivity contribution >= 4 is 26.8 Å². The third-order valence-corrected chi connectivity index (χ3v) is 7.12. The van der Waals surface area contributed by atoms with Crippen molar-refractivity contribution in [1.82, 2.24) is 14.2 Å². The van der Waals surface area contributed by atoms with Crippen LogP contribution in [0.4, 0.5) is 0 Å². The van der Waals surface area contributed by atoms with Crippen LogP contribution in [-0.4, -0.2) is 61.8 Å². The Kier molecular flexibility index (Phi) is 5.31. The number of methoxy groups -OCH3 is 1. The Morgan fingerprint density at radius 3 is 2.33 bits per heavy atom. The monoisotopic (exact) mass is 427 g/mol. The van der Waals surface area contributed by atoms with Crippen molar-refractivity contribution in [3.8, 4) is 5.75 Å². The summed E-state index contributed by atoms with van der Waals surface area (Å²) in [6.07, 6.45) is 0. The molecule has 1 N–H and O–H groups in total. The van der Waals surface area contributed by atoms with Crippen LogP contribution >= 0.6 is 0 Å². The van der Waals surface area contributed by atoms with E-state index in [1.807, 2.05) is 0 Å². The van der Waals surface area contributed by atoms with Crippen LogP contribution in [0.1, 0.15) is 10.4 Å². The lowest BCUT2D eigenvalue weighted by atomic mass is 10.1. The predicted octanol–water partition coefficient (Wildman–Crippen LogP) is 1.68. The van der Waals surface area contributed by atoms with Crippen molar-refractivity contribution in [3.63, 3.8) is 0 Å². The van der Waals surface area contributed by atoms with E-state index in [-0.39, 0.29) is 42.5 Å². The van der Waals surface area contributed by atoms with Gasteiger partial charge in [0, 0.05) is 43.1 Å². The number of piperazine rings is 1. The molecule has 2 aromatic carbocycles. The van der Waals surface area contributed by atoms with Crippen molar-refractivity contribution in [1.29, 1.82) is 0 Å². The number of pyridine rings is 1. The summed E-state index contributed by atoms with van der Waals surface area (Å²) in [7, 11) is -2.14. The highest BCUT2D eigenvalue weighted by molar-refractivity contribution is 7.89. The number of fused-ring (bicyclic) bond motifs is 1. The molecule has 4 rings (SSSR count). The van der Waals surface area contributed by atoms with Gasteiger partial charge in [-0.05, 0) is 30.3 Å². The number of nitrogens with one attached hydrogen (secondary N) is 1. The maximum absolute atomic E-state index is 13.1. The number of carbonyl (C=O) groups excluding carboxylic acids is 1. The largest absolute Gasteiger partial charge is 0.497 e. The van der Waals surface area contributed by atoms with Gasteiger partial charge in [0.15, 0.2) is 0 Å². The second-order valence-corrected chi connectivity index (χ2v) is 8.90. The highest BCUT2D eigenvalue weighted by Crippen LogP contribution is 2.22. The van der Waals surface area contributed by atoms with Crippen LogP contribution in [0.3, 0.4) is 0 Å². The molecule has 1 amide bonds. The van der Waals surface area contributed by atoms with Crippen molar-refractivity contribution in [2.45, 2.75) is 4.90 Å². The third-order valence-electron chi connectivity index (χ3n) is 5.20. The van der Waals surface area contributed by atoms with Crippen LogP contribution in [0.15, 0.2) is 64.3 Å². The molecule has 0 radical (unpaired) electrons. The summed E-state index contributed by atoms with van der Waals surface area (Å²) in [6, 6.07) is 14.6. The van der Waals surface area contributed by atoms with E-state index >= 15 is 0 Å². The first-order chi connectivity index (χ1) is 14.4. The van der Waals surface area contributed by atoms with Crippen molar-refractivity contribution < 1.29 is 17.9 Å². The maximum atomic E-state index is 13.1. The lowest BCUT2D eigenvalue weighted by Gasteiger charge is -2.34. The minimum atomic E-state index is -3.66. The molecular formula is C21H21N3O5S. The van der Waals surface area contributed by atoms with E-state index in [0.717, 1.165) is 0 Å². The van der Waals surface area contributed by atoms with Gasteiger partial charge >= 0.3 is 0 Å². The zero-order chi connectivity index (χ0) is 21.3. The normalized spacial score (nSPS) is 15.3. The summed E-state index contributed by atoms with van der Waals surface area (Å²) in [5.74, 6) is 0.299. The van der Waals surface area contributed by atoms with Gasteiger partial charge in [-0.1, -0.05) is 18.2 Å². The summed E-state index contributed by atoms with van der Waals surface area (Å²) >= 11 is 0. The smallest absolute Gasteiger partial charge is 0.254 e. The number of ether oxygens (including phenoxy) is 1. The average molecular weight is 427 g/mol. The number of aromatic nitrogens is 1. The molecule has 0 aliphatic carbocycles. The fourth-order valence-corrected chi connectivity index (χ4v) is 5.00. The standard InChI is InChI=1S/C21H21N3O5S/c1-29-15-6-8-16(9-7-15)30(27,28)24-12-10-23(11-13-24)21(26)18-14-20(25)22-19-5-3-2-4-17(18)19/h2-9,14H,10-13H2,1H3,(H,22,25). The van der Waals surface area contributed by atoms with Crippen LogP contribution in [-0.2, 0) is 10.0 Å². The molecule has 1 fully saturated rings. The van der Waals surface area contributed by atoms with Gasteiger partial charge in [-0.3, -0.25) is 9.59 Å². The lowest BCUT2D eigenvalue weighted by molar-refractivity contribution is 0.0699.